The minimum Gasteiger partial charge on any atom is -0.480 e. The average molecular weight is 388 g/mol. The summed E-state index contributed by atoms with van der Waals surface area (Å²) in [4.78, 5) is 47.3. The van der Waals surface area contributed by atoms with Crippen LogP contribution in [0.4, 0.5) is 0 Å². The first-order valence-corrected chi connectivity index (χ1v) is 8.96. The van der Waals surface area contributed by atoms with Gasteiger partial charge < -0.3 is 31.9 Å². The topological polar surface area (TPSA) is 171 Å². The van der Waals surface area contributed by atoms with Crippen LogP contribution in [-0.4, -0.2) is 64.7 Å². The molecule has 0 radical (unpaired) electrons. The van der Waals surface area contributed by atoms with Crippen LogP contribution in [0.3, 0.4) is 0 Å². The van der Waals surface area contributed by atoms with Crippen molar-refractivity contribution in [3.05, 3.63) is 0 Å². The standard InChI is InChI=1S/C17H32N4O6/c1-6-9(4)12(18)15(24)21-14(10(5)22)16(25)19-7-11(23)20-13(8(2)3)17(26)27/h8-10,12-14,22H,6-7,18H2,1-5H3,(H,19,25)(H,20,23)(H,21,24)(H,26,27)/t9-,10+,12-,13-,14-/m0/s1. The maximum Gasteiger partial charge on any atom is 0.326 e. The van der Waals surface area contributed by atoms with Crippen LogP contribution in [-0.2, 0) is 19.2 Å². The van der Waals surface area contributed by atoms with Crippen LogP contribution >= 0.6 is 0 Å². The number of aliphatic hydroxyl groups excluding tert-OH is 1. The number of nitrogens with one attached hydrogen (secondary N) is 3. The molecule has 0 aliphatic rings. The van der Waals surface area contributed by atoms with E-state index in [1.807, 2.05) is 6.92 Å². The van der Waals surface area contributed by atoms with Gasteiger partial charge in [0.25, 0.3) is 0 Å². The summed E-state index contributed by atoms with van der Waals surface area (Å²) >= 11 is 0. The number of nitrogens with two attached hydrogens (primary N) is 1. The van der Waals surface area contributed by atoms with E-state index in [2.05, 4.69) is 16.0 Å². The fourth-order valence-corrected chi connectivity index (χ4v) is 2.18. The Hall–Kier alpha value is -2.20. The van der Waals surface area contributed by atoms with E-state index >= 15 is 0 Å². The van der Waals surface area contributed by atoms with Crippen molar-refractivity contribution in [1.82, 2.24) is 16.0 Å². The molecule has 3 amide bonds. The molecule has 10 heteroatoms. The highest BCUT2D eigenvalue weighted by atomic mass is 16.4. The third kappa shape index (κ3) is 8.35. The molecule has 0 bridgehead atoms. The van der Waals surface area contributed by atoms with Crippen LogP contribution in [0, 0.1) is 11.8 Å². The molecule has 10 nitrogen and oxygen atoms in total. The van der Waals surface area contributed by atoms with Gasteiger partial charge in [0.2, 0.25) is 17.7 Å². The van der Waals surface area contributed by atoms with Crippen molar-refractivity contribution < 1.29 is 29.4 Å². The third-order valence-corrected chi connectivity index (χ3v) is 4.29. The number of carbonyl (C=O) groups excluding carboxylic acids is 3. The zero-order chi connectivity index (χ0) is 21.3. The lowest BCUT2D eigenvalue weighted by Gasteiger charge is -2.24. The molecule has 0 rings (SSSR count). The Morgan fingerprint density at radius 2 is 1.52 bits per heavy atom. The highest BCUT2D eigenvalue weighted by Gasteiger charge is 2.30. The van der Waals surface area contributed by atoms with Crippen LogP contribution in [0.5, 0.6) is 0 Å². The molecular formula is C17H32N4O6. The lowest BCUT2D eigenvalue weighted by Crippen LogP contribution is -2.58. The highest BCUT2D eigenvalue weighted by Crippen LogP contribution is 2.06. The smallest absolute Gasteiger partial charge is 0.326 e. The van der Waals surface area contributed by atoms with Gasteiger partial charge in [0.15, 0.2) is 0 Å². The molecule has 0 fully saturated rings. The van der Waals surface area contributed by atoms with E-state index in [0.29, 0.717) is 6.42 Å². The van der Waals surface area contributed by atoms with Crippen molar-refractivity contribution in [3.8, 4) is 0 Å². The van der Waals surface area contributed by atoms with Gasteiger partial charge in [0.05, 0.1) is 18.7 Å². The minimum absolute atomic E-state index is 0.113. The zero-order valence-electron chi connectivity index (χ0n) is 16.5. The molecule has 0 spiro atoms. The van der Waals surface area contributed by atoms with Gasteiger partial charge in [0, 0.05) is 0 Å². The van der Waals surface area contributed by atoms with Gasteiger partial charge in [-0.1, -0.05) is 34.1 Å². The van der Waals surface area contributed by atoms with E-state index in [4.69, 9.17) is 10.8 Å². The number of carbonyl (C=O) groups is 4. The summed E-state index contributed by atoms with van der Waals surface area (Å²) in [7, 11) is 0. The number of aliphatic carboxylic acids is 1. The molecule has 0 saturated heterocycles. The van der Waals surface area contributed by atoms with E-state index in [0.717, 1.165) is 0 Å². The predicted octanol–water partition coefficient (Wildman–Crippen LogP) is -1.43. The first-order chi connectivity index (χ1) is 12.4. The number of carboxylic acid groups (broad SMARTS) is 1. The molecule has 0 aromatic carbocycles. The van der Waals surface area contributed by atoms with Crippen LogP contribution in [0.25, 0.3) is 0 Å². The highest BCUT2D eigenvalue weighted by molar-refractivity contribution is 5.93. The number of carboxylic acids is 1. The van der Waals surface area contributed by atoms with Crippen LogP contribution in [0.15, 0.2) is 0 Å². The summed E-state index contributed by atoms with van der Waals surface area (Å²) in [6, 6.07) is -3.22. The Morgan fingerprint density at radius 3 is 1.93 bits per heavy atom. The first kappa shape index (κ1) is 24.8. The Kier molecular flexibility index (Phi) is 10.6. The maximum atomic E-state index is 12.2. The second kappa shape index (κ2) is 11.5. The predicted molar refractivity (Wildman–Crippen MR) is 98.5 cm³/mol. The molecule has 0 aliphatic carbocycles. The van der Waals surface area contributed by atoms with Crippen LogP contribution in [0.2, 0.25) is 0 Å². The molecule has 0 saturated carbocycles. The van der Waals surface area contributed by atoms with Crippen molar-refractivity contribution in [2.45, 2.75) is 65.3 Å². The van der Waals surface area contributed by atoms with Gasteiger partial charge in [-0.05, 0) is 18.8 Å². The van der Waals surface area contributed by atoms with Gasteiger partial charge in [-0.3, -0.25) is 14.4 Å². The third-order valence-electron chi connectivity index (χ3n) is 4.29. The minimum atomic E-state index is -1.29. The lowest BCUT2D eigenvalue weighted by atomic mass is 9.99. The second-order valence-electron chi connectivity index (χ2n) is 6.98. The lowest BCUT2D eigenvalue weighted by molar-refractivity contribution is -0.143. The molecule has 0 heterocycles. The van der Waals surface area contributed by atoms with Crippen LogP contribution < -0.4 is 21.7 Å². The van der Waals surface area contributed by atoms with E-state index in [-0.39, 0.29) is 11.8 Å². The molecule has 7 N–H and O–H groups in total. The summed E-state index contributed by atoms with van der Waals surface area (Å²) in [6.07, 6.45) is -0.551. The SMILES string of the molecule is CC[C@H](C)[C@H](N)C(=O)N[C@H](C(=O)NCC(=O)N[C@H](C(=O)O)C(C)C)[C@@H](C)O. The molecule has 0 unspecified atom stereocenters. The van der Waals surface area contributed by atoms with Crippen molar-refractivity contribution in [2.75, 3.05) is 6.54 Å². The Labute approximate surface area is 159 Å². The van der Waals surface area contributed by atoms with E-state index < -0.39 is 54.5 Å². The van der Waals surface area contributed by atoms with Gasteiger partial charge in [-0.25, -0.2) is 4.79 Å². The van der Waals surface area contributed by atoms with Gasteiger partial charge in [-0.2, -0.15) is 0 Å². The number of hydrogen-bond acceptors (Lipinski definition) is 6. The van der Waals surface area contributed by atoms with E-state index in [9.17, 15) is 24.3 Å². The molecule has 0 aromatic heterocycles. The number of amides is 3. The fraction of sp³-hybridized carbons (Fsp3) is 0.765. The normalized spacial score (nSPS) is 16.6. The summed E-state index contributed by atoms with van der Waals surface area (Å²) < 4.78 is 0. The van der Waals surface area contributed by atoms with Crippen molar-refractivity contribution in [1.29, 1.82) is 0 Å². The Balaban J connectivity index is 4.79. The zero-order valence-corrected chi connectivity index (χ0v) is 16.5. The van der Waals surface area contributed by atoms with Gasteiger partial charge in [0.1, 0.15) is 12.1 Å². The molecule has 0 aliphatic heterocycles. The summed E-state index contributed by atoms with van der Waals surface area (Å²) in [5, 5.41) is 25.8. The molecular weight excluding hydrogens is 356 g/mol. The molecule has 27 heavy (non-hydrogen) atoms. The largest absolute Gasteiger partial charge is 0.480 e. The second-order valence-corrected chi connectivity index (χ2v) is 6.98. The number of aliphatic hydroxyl groups is 1. The summed E-state index contributed by atoms with van der Waals surface area (Å²) in [5.74, 6) is -3.69. The number of hydrogen-bond donors (Lipinski definition) is 6. The maximum absolute atomic E-state index is 12.2. The molecule has 5 atom stereocenters. The first-order valence-electron chi connectivity index (χ1n) is 8.96. The Bertz CT molecular complexity index is 538. The van der Waals surface area contributed by atoms with Crippen molar-refractivity contribution >= 4 is 23.7 Å². The molecule has 0 aromatic rings. The Morgan fingerprint density at radius 1 is 0.963 bits per heavy atom. The monoisotopic (exact) mass is 388 g/mol. The van der Waals surface area contributed by atoms with Crippen molar-refractivity contribution in [2.24, 2.45) is 17.6 Å². The molecule has 156 valence electrons. The van der Waals surface area contributed by atoms with Gasteiger partial charge >= 0.3 is 5.97 Å². The number of rotatable bonds is 11. The fourth-order valence-electron chi connectivity index (χ4n) is 2.18. The van der Waals surface area contributed by atoms with Crippen molar-refractivity contribution in [3.63, 3.8) is 0 Å². The van der Waals surface area contributed by atoms with Gasteiger partial charge in [-0.15, -0.1) is 0 Å². The van der Waals surface area contributed by atoms with E-state index in [1.54, 1.807) is 20.8 Å². The van der Waals surface area contributed by atoms with E-state index in [1.165, 1.54) is 6.92 Å². The van der Waals surface area contributed by atoms with Crippen LogP contribution in [0.1, 0.15) is 41.0 Å². The quantitative estimate of drug-likeness (QED) is 0.252. The summed E-state index contributed by atoms with van der Waals surface area (Å²) in [5.41, 5.74) is 5.81. The summed E-state index contributed by atoms with van der Waals surface area (Å²) in [6.45, 7) is 7.76. The average Bonchev–Trinajstić information content (AvgIpc) is 2.59.